The summed E-state index contributed by atoms with van der Waals surface area (Å²) in [4.78, 5) is 10.9. The number of halogens is 2. The first-order valence-electron chi connectivity index (χ1n) is 9.76. The molecule has 1 fully saturated rings. The Balaban J connectivity index is 1.82. The number of hydrogen-bond donors (Lipinski definition) is 1. The summed E-state index contributed by atoms with van der Waals surface area (Å²) in [6, 6.07) is 10.3. The van der Waals surface area contributed by atoms with Gasteiger partial charge in [0.1, 0.15) is 6.29 Å². The van der Waals surface area contributed by atoms with Gasteiger partial charge in [0.15, 0.2) is 11.6 Å². The molecule has 1 atom stereocenters. The standard InChI is InChI=1S/C23H26F2O2/c1-2-3-21(27)18-10-8-17(9-11-18)20-13-12-19(22(24)23(20)25)16-6-4-15(14-26)5-7-16/h8-16,21,27H,2-7H2,1H3. The van der Waals surface area contributed by atoms with Crippen LogP contribution in [0.3, 0.4) is 0 Å². The molecule has 144 valence electrons. The number of carbonyl (C=O) groups excluding carboxylic acids is 1. The molecule has 27 heavy (non-hydrogen) atoms. The lowest BCUT2D eigenvalue weighted by Crippen LogP contribution is -2.15. The van der Waals surface area contributed by atoms with Crippen LogP contribution in [0.15, 0.2) is 36.4 Å². The van der Waals surface area contributed by atoms with Crippen LogP contribution < -0.4 is 0 Å². The molecule has 1 saturated carbocycles. The van der Waals surface area contributed by atoms with Crippen molar-refractivity contribution in [2.24, 2.45) is 5.92 Å². The third kappa shape index (κ3) is 4.27. The molecule has 0 heterocycles. The molecular formula is C23H26F2O2. The Morgan fingerprint density at radius 3 is 2.30 bits per heavy atom. The van der Waals surface area contributed by atoms with Crippen LogP contribution in [0.2, 0.25) is 0 Å². The molecule has 0 saturated heterocycles. The van der Waals surface area contributed by atoms with E-state index in [1.165, 1.54) is 0 Å². The van der Waals surface area contributed by atoms with E-state index in [-0.39, 0.29) is 17.4 Å². The van der Waals surface area contributed by atoms with E-state index in [9.17, 15) is 18.7 Å². The fraction of sp³-hybridized carbons (Fsp3) is 0.435. The topological polar surface area (TPSA) is 37.3 Å². The van der Waals surface area contributed by atoms with Crippen LogP contribution in [0.1, 0.15) is 68.6 Å². The van der Waals surface area contributed by atoms with Crippen LogP contribution in [0.4, 0.5) is 8.78 Å². The van der Waals surface area contributed by atoms with Gasteiger partial charge in [0, 0.05) is 11.5 Å². The number of aldehydes is 1. The first kappa shape index (κ1) is 19.7. The number of rotatable bonds is 6. The van der Waals surface area contributed by atoms with Crippen LogP contribution in [-0.4, -0.2) is 11.4 Å². The largest absolute Gasteiger partial charge is 0.388 e. The first-order valence-corrected chi connectivity index (χ1v) is 9.76. The van der Waals surface area contributed by atoms with E-state index in [4.69, 9.17) is 0 Å². The number of aliphatic hydroxyl groups excluding tert-OH is 1. The normalized spacial score (nSPS) is 21.0. The fourth-order valence-corrected chi connectivity index (χ4v) is 3.99. The molecule has 4 heteroatoms. The summed E-state index contributed by atoms with van der Waals surface area (Å²) in [7, 11) is 0. The number of aliphatic hydroxyl groups is 1. The monoisotopic (exact) mass is 372 g/mol. The van der Waals surface area contributed by atoms with Crippen LogP contribution in [-0.2, 0) is 4.79 Å². The van der Waals surface area contributed by atoms with Crippen molar-refractivity contribution in [2.45, 2.75) is 57.5 Å². The fourth-order valence-electron chi connectivity index (χ4n) is 3.99. The summed E-state index contributed by atoms with van der Waals surface area (Å²) >= 11 is 0. The summed E-state index contributed by atoms with van der Waals surface area (Å²) in [6.07, 6.45) is 4.87. The zero-order valence-electron chi connectivity index (χ0n) is 15.6. The van der Waals surface area contributed by atoms with E-state index in [1.807, 2.05) is 6.92 Å². The summed E-state index contributed by atoms with van der Waals surface area (Å²) < 4.78 is 29.5. The number of benzene rings is 2. The summed E-state index contributed by atoms with van der Waals surface area (Å²) in [5, 5.41) is 10.0. The Labute approximate surface area is 159 Å². The van der Waals surface area contributed by atoms with E-state index >= 15 is 0 Å². The van der Waals surface area contributed by atoms with Gasteiger partial charge in [-0.3, -0.25) is 0 Å². The zero-order valence-corrected chi connectivity index (χ0v) is 15.6. The average molecular weight is 372 g/mol. The maximum absolute atomic E-state index is 14.7. The minimum Gasteiger partial charge on any atom is -0.388 e. The van der Waals surface area contributed by atoms with Crippen molar-refractivity contribution in [3.63, 3.8) is 0 Å². The van der Waals surface area contributed by atoms with Crippen molar-refractivity contribution in [1.82, 2.24) is 0 Å². The van der Waals surface area contributed by atoms with Crippen molar-refractivity contribution >= 4 is 6.29 Å². The molecule has 1 aliphatic carbocycles. The molecule has 3 rings (SSSR count). The van der Waals surface area contributed by atoms with Gasteiger partial charge in [-0.15, -0.1) is 0 Å². The minimum atomic E-state index is -0.827. The molecular weight excluding hydrogens is 346 g/mol. The van der Waals surface area contributed by atoms with Gasteiger partial charge in [0.2, 0.25) is 0 Å². The molecule has 2 aromatic carbocycles. The van der Waals surface area contributed by atoms with Gasteiger partial charge in [0.05, 0.1) is 6.10 Å². The predicted molar refractivity (Wildman–Crippen MR) is 102 cm³/mol. The highest BCUT2D eigenvalue weighted by atomic mass is 19.2. The second-order valence-corrected chi connectivity index (χ2v) is 7.50. The van der Waals surface area contributed by atoms with Crippen molar-refractivity contribution in [2.75, 3.05) is 0 Å². The SMILES string of the molecule is CCCC(O)c1ccc(-c2ccc(C3CCC(C=O)CC3)c(F)c2F)cc1. The van der Waals surface area contributed by atoms with Gasteiger partial charge < -0.3 is 9.90 Å². The summed E-state index contributed by atoms with van der Waals surface area (Å²) in [5.41, 5.74) is 2.02. The second kappa shape index (κ2) is 8.75. The number of hydrogen-bond acceptors (Lipinski definition) is 2. The highest BCUT2D eigenvalue weighted by Crippen LogP contribution is 2.38. The molecule has 2 nitrogen and oxygen atoms in total. The Morgan fingerprint density at radius 2 is 1.70 bits per heavy atom. The Morgan fingerprint density at radius 1 is 1.04 bits per heavy atom. The molecule has 1 unspecified atom stereocenters. The highest BCUT2D eigenvalue weighted by molar-refractivity contribution is 5.65. The predicted octanol–water partition coefficient (Wildman–Crippen LogP) is 5.94. The first-order chi connectivity index (χ1) is 13.0. The lowest BCUT2D eigenvalue weighted by atomic mass is 9.79. The zero-order chi connectivity index (χ0) is 19.4. The van der Waals surface area contributed by atoms with Gasteiger partial charge in [-0.25, -0.2) is 8.78 Å². The van der Waals surface area contributed by atoms with E-state index in [0.29, 0.717) is 30.4 Å². The summed E-state index contributed by atoms with van der Waals surface area (Å²) in [5.74, 6) is -1.59. The Kier molecular flexibility index (Phi) is 6.38. The highest BCUT2D eigenvalue weighted by Gasteiger charge is 2.26. The maximum atomic E-state index is 14.7. The molecule has 0 radical (unpaired) electrons. The molecule has 0 aliphatic heterocycles. The molecule has 0 aromatic heterocycles. The van der Waals surface area contributed by atoms with Crippen LogP contribution in [0, 0.1) is 17.6 Å². The number of carbonyl (C=O) groups is 1. The molecule has 0 spiro atoms. The Bertz CT molecular complexity index is 778. The van der Waals surface area contributed by atoms with Gasteiger partial charge in [-0.05, 0) is 54.7 Å². The maximum Gasteiger partial charge on any atom is 0.166 e. The third-order valence-electron chi connectivity index (χ3n) is 5.68. The second-order valence-electron chi connectivity index (χ2n) is 7.50. The average Bonchev–Trinajstić information content (AvgIpc) is 2.70. The van der Waals surface area contributed by atoms with Crippen LogP contribution >= 0.6 is 0 Å². The molecule has 0 bridgehead atoms. The smallest absolute Gasteiger partial charge is 0.166 e. The van der Waals surface area contributed by atoms with Gasteiger partial charge >= 0.3 is 0 Å². The van der Waals surface area contributed by atoms with Crippen molar-refractivity contribution < 1.29 is 18.7 Å². The molecule has 0 amide bonds. The van der Waals surface area contributed by atoms with Gasteiger partial charge in [-0.2, -0.15) is 0 Å². The van der Waals surface area contributed by atoms with Crippen molar-refractivity contribution in [1.29, 1.82) is 0 Å². The van der Waals surface area contributed by atoms with Crippen molar-refractivity contribution in [3.8, 4) is 11.1 Å². The van der Waals surface area contributed by atoms with Crippen LogP contribution in [0.25, 0.3) is 11.1 Å². The van der Waals surface area contributed by atoms with Crippen LogP contribution in [0.5, 0.6) is 0 Å². The minimum absolute atomic E-state index is 0.0312. The molecule has 1 N–H and O–H groups in total. The van der Waals surface area contributed by atoms with E-state index in [0.717, 1.165) is 31.1 Å². The molecule has 1 aliphatic rings. The quantitative estimate of drug-likeness (QED) is 0.637. The van der Waals surface area contributed by atoms with E-state index in [2.05, 4.69) is 0 Å². The van der Waals surface area contributed by atoms with E-state index < -0.39 is 17.7 Å². The third-order valence-corrected chi connectivity index (χ3v) is 5.68. The lowest BCUT2D eigenvalue weighted by Gasteiger charge is -2.26. The van der Waals surface area contributed by atoms with Gasteiger partial charge in [-0.1, -0.05) is 49.7 Å². The summed E-state index contributed by atoms with van der Waals surface area (Å²) in [6.45, 7) is 2.00. The van der Waals surface area contributed by atoms with E-state index in [1.54, 1.807) is 36.4 Å². The molecule has 2 aromatic rings. The Hall–Kier alpha value is -2.07. The van der Waals surface area contributed by atoms with Crippen molar-refractivity contribution in [3.05, 3.63) is 59.2 Å². The lowest BCUT2D eigenvalue weighted by molar-refractivity contribution is -0.111. The van der Waals surface area contributed by atoms with Gasteiger partial charge in [0.25, 0.3) is 0 Å².